The number of hydrogen-bond acceptors (Lipinski definition) is 3. The Morgan fingerprint density at radius 1 is 1.20 bits per heavy atom. The molecule has 0 aliphatic carbocycles. The van der Waals surface area contributed by atoms with E-state index in [1.165, 1.54) is 16.9 Å². The van der Waals surface area contributed by atoms with Crippen LogP contribution in [0.5, 0.6) is 0 Å². The average Bonchev–Trinajstić information content (AvgIpc) is 3.18. The normalized spacial score (nSPS) is 16.0. The van der Waals surface area contributed by atoms with Crippen LogP contribution in [0.3, 0.4) is 0 Å². The van der Waals surface area contributed by atoms with Gasteiger partial charge in [0, 0.05) is 13.1 Å². The van der Waals surface area contributed by atoms with Gasteiger partial charge in [0.25, 0.3) is 11.9 Å². The second kappa shape index (κ2) is 8.81. The Morgan fingerprint density at radius 3 is 2.60 bits per heavy atom. The molecule has 0 atom stereocenters. The van der Waals surface area contributed by atoms with Gasteiger partial charge in [-0.3, -0.25) is 4.79 Å². The van der Waals surface area contributed by atoms with E-state index >= 15 is 0 Å². The molecule has 1 amide bonds. The highest BCUT2D eigenvalue weighted by Crippen LogP contribution is 2.22. The summed E-state index contributed by atoms with van der Waals surface area (Å²) in [5.74, 6) is 0.458. The lowest BCUT2D eigenvalue weighted by molar-refractivity contribution is 0.0995. The van der Waals surface area contributed by atoms with E-state index < -0.39 is 0 Å². The zero-order valence-electron chi connectivity index (χ0n) is 14.6. The molecule has 132 valence electrons. The number of aliphatic imine (C=N–C) groups is 1. The Morgan fingerprint density at radius 2 is 1.96 bits per heavy atom. The van der Waals surface area contributed by atoms with Gasteiger partial charge in [-0.25, -0.2) is 0 Å². The van der Waals surface area contributed by atoms with E-state index in [0.29, 0.717) is 23.4 Å². The van der Waals surface area contributed by atoms with Crippen LogP contribution >= 0.6 is 11.3 Å². The molecular formula is C20H24N2O2S. The van der Waals surface area contributed by atoms with Crippen molar-refractivity contribution in [3.63, 3.8) is 0 Å². The van der Waals surface area contributed by atoms with E-state index in [1.54, 1.807) is 6.07 Å². The number of hydrogen-bond donors (Lipinski definition) is 0. The molecule has 5 heteroatoms. The smallest absolute Gasteiger partial charge is 0.295 e. The minimum Gasteiger partial charge on any atom is -0.465 e. The van der Waals surface area contributed by atoms with Crippen molar-refractivity contribution in [2.45, 2.75) is 26.2 Å². The summed E-state index contributed by atoms with van der Waals surface area (Å²) in [5.41, 5.74) is 1.40. The Balaban J connectivity index is 1.59. The first-order valence-corrected chi connectivity index (χ1v) is 9.72. The predicted octanol–water partition coefficient (Wildman–Crippen LogP) is 4.24. The number of rotatable bonds is 4. The molecule has 1 saturated heterocycles. The Hall–Kier alpha value is -2.14. The molecule has 1 fully saturated rings. The van der Waals surface area contributed by atoms with Crippen molar-refractivity contribution in [1.29, 1.82) is 0 Å². The largest absolute Gasteiger partial charge is 0.465 e. The van der Waals surface area contributed by atoms with E-state index in [2.05, 4.69) is 40.2 Å². The maximum Gasteiger partial charge on any atom is 0.295 e. The van der Waals surface area contributed by atoms with Gasteiger partial charge in [-0.1, -0.05) is 36.4 Å². The van der Waals surface area contributed by atoms with E-state index in [-0.39, 0.29) is 5.91 Å². The molecule has 1 aromatic carbocycles. The molecule has 1 aromatic heterocycles. The third-order valence-corrected chi connectivity index (χ3v) is 5.31. The van der Waals surface area contributed by atoms with Gasteiger partial charge in [-0.05, 0) is 49.1 Å². The second-order valence-corrected chi connectivity index (χ2v) is 7.18. The third-order valence-electron chi connectivity index (χ3n) is 4.45. The molecular weight excluding hydrogens is 332 g/mol. The average molecular weight is 356 g/mol. The second-order valence-electron chi connectivity index (χ2n) is 6.23. The maximum absolute atomic E-state index is 12.3. The highest BCUT2D eigenvalue weighted by molar-refractivity contribution is 7.12. The predicted molar refractivity (Wildman–Crippen MR) is 102 cm³/mol. The van der Waals surface area contributed by atoms with Gasteiger partial charge in [0.15, 0.2) is 0 Å². The first kappa shape index (κ1) is 17.7. The van der Waals surface area contributed by atoms with Crippen molar-refractivity contribution in [2.75, 3.05) is 19.7 Å². The zero-order chi connectivity index (χ0) is 17.5. The number of nitrogens with zero attached hydrogens (tertiary/aromatic N) is 2. The van der Waals surface area contributed by atoms with Gasteiger partial charge in [0.2, 0.25) is 0 Å². The first-order valence-electron chi connectivity index (χ1n) is 8.84. The van der Waals surface area contributed by atoms with E-state index in [1.807, 2.05) is 18.4 Å². The van der Waals surface area contributed by atoms with Crippen molar-refractivity contribution in [1.82, 2.24) is 4.90 Å². The molecule has 0 N–H and O–H groups in total. The number of carbonyl (C=O) groups excluding carboxylic acids is 1. The minimum absolute atomic E-state index is 0.218. The Labute approximate surface area is 153 Å². The van der Waals surface area contributed by atoms with Gasteiger partial charge in [0.05, 0.1) is 11.5 Å². The number of carbonyl (C=O) groups is 1. The highest BCUT2D eigenvalue weighted by atomic mass is 32.1. The standard InChI is InChI=1S/C20H24N2O2S/c1-2-24-20(21-19(23)18-9-6-14-25-18)22-12-10-17(11-13-22)15-16-7-4-3-5-8-16/h3-9,14,17H,2,10-13,15H2,1H3. The molecule has 0 unspecified atom stereocenters. The molecule has 2 heterocycles. The van der Waals surface area contributed by atoms with Crippen LogP contribution in [0.4, 0.5) is 0 Å². The van der Waals surface area contributed by atoms with Gasteiger partial charge in [-0.15, -0.1) is 11.3 Å². The summed E-state index contributed by atoms with van der Waals surface area (Å²) in [5, 5.41) is 1.89. The number of amidine groups is 1. The fourth-order valence-corrected chi connectivity index (χ4v) is 3.75. The molecule has 2 aromatic rings. The van der Waals surface area contributed by atoms with E-state index in [9.17, 15) is 4.79 Å². The topological polar surface area (TPSA) is 41.9 Å². The molecule has 4 nitrogen and oxygen atoms in total. The number of amides is 1. The van der Waals surface area contributed by atoms with Crippen LogP contribution in [0.2, 0.25) is 0 Å². The fraction of sp³-hybridized carbons (Fsp3) is 0.400. The summed E-state index contributed by atoms with van der Waals surface area (Å²) in [6, 6.07) is 14.8. The van der Waals surface area contributed by atoms with Crippen LogP contribution in [-0.4, -0.2) is 36.5 Å². The van der Waals surface area contributed by atoms with Gasteiger partial charge < -0.3 is 9.64 Å². The molecule has 1 aliphatic heterocycles. The van der Waals surface area contributed by atoms with Crippen molar-refractivity contribution >= 4 is 23.3 Å². The fourth-order valence-electron chi connectivity index (χ4n) is 3.14. The van der Waals surface area contributed by atoms with Crippen molar-refractivity contribution in [3.05, 3.63) is 58.3 Å². The number of piperidine rings is 1. The molecule has 0 radical (unpaired) electrons. The summed E-state index contributed by atoms with van der Waals surface area (Å²) in [6.45, 7) is 4.20. The first-order chi connectivity index (χ1) is 12.3. The van der Waals surface area contributed by atoms with Crippen LogP contribution in [-0.2, 0) is 11.2 Å². The van der Waals surface area contributed by atoms with Gasteiger partial charge in [0.1, 0.15) is 0 Å². The highest BCUT2D eigenvalue weighted by Gasteiger charge is 2.23. The van der Waals surface area contributed by atoms with Crippen molar-refractivity contribution < 1.29 is 9.53 Å². The lowest BCUT2D eigenvalue weighted by Crippen LogP contribution is -2.40. The SMILES string of the molecule is CCOC(=NC(=O)c1cccs1)N1CCC(Cc2ccccc2)CC1. The molecule has 0 saturated carbocycles. The van der Waals surface area contributed by atoms with Crippen LogP contribution in [0, 0.1) is 5.92 Å². The van der Waals surface area contributed by atoms with Crippen molar-refractivity contribution in [2.24, 2.45) is 10.9 Å². The van der Waals surface area contributed by atoms with Gasteiger partial charge in [-0.2, -0.15) is 4.99 Å². The van der Waals surface area contributed by atoms with Crippen molar-refractivity contribution in [3.8, 4) is 0 Å². The molecule has 0 spiro atoms. The van der Waals surface area contributed by atoms with E-state index in [0.717, 1.165) is 32.4 Å². The van der Waals surface area contributed by atoms with Gasteiger partial charge >= 0.3 is 0 Å². The number of ether oxygens (including phenoxy) is 1. The molecule has 3 rings (SSSR count). The van der Waals surface area contributed by atoms with Crippen LogP contribution in [0.1, 0.15) is 35.0 Å². The summed E-state index contributed by atoms with van der Waals surface area (Å²) < 4.78 is 5.66. The quantitative estimate of drug-likeness (QED) is 0.608. The Bertz CT molecular complexity index is 690. The minimum atomic E-state index is -0.218. The third kappa shape index (κ3) is 4.92. The number of likely N-dealkylation sites (tertiary alicyclic amines) is 1. The number of benzene rings is 1. The van der Waals surface area contributed by atoms with Crippen LogP contribution < -0.4 is 0 Å². The van der Waals surface area contributed by atoms with Crippen LogP contribution in [0.15, 0.2) is 52.8 Å². The summed E-state index contributed by atoms with van der Waals surface area (Å²) in [7, 11) is 0. The lowest BCUT2D eigenvalue weighted by Gasteiger charge is -2.33. The zero-order valence-corrected chi connectivity index (χ0v) is 15.4. The summed E-state index contributed by atoms with van der Waals surface area (Å²) >= 11 is 1.41. The molecule has 25 heavy (non-hydrogen) atoms. The maximum atomic E-state index is 12.3. The lowest BCUT2D eigenvalue weighted by atomic mass is 9.90. The summed E-state index contributed by atoms with van der Waals surface area (Å²) in [6.07, 6.45) is 3.30. The molecule has 1 aliphatic rings. The Kier molecular flexibility index (Phi) is 6.23. The van der Waals surface area contributed by atoms with Crippen LogP contribution in [0.25, 0.3) is 0 Å². The number of thiophene rings is 1. The van der Waals surface area contributed by atoms with E-state index in [4.69, 9.17) is 4.74 Å². The monoisotopic (exact) mass is 356 g/mol. The molecule has 0 bridgehead atoms. The summed E-state index contributed by atoms with van der Waals surface area (Å²) in [4.78, 5) is 19.2.